The molecule has 2 amide bonds. The van der Waals surface area contributed by atoms with Crippen molar-refractivity contribution >= 4 is 12.0 Å². The molecule has 1 fully saturated rings. The molecule has 1 aliphatic rings. The fourth-order valence-electron chi connectivity index (χ4n) is 1.98. The Labute approximate surface area is 107 Å². The number of urea groups is 1. The normalized spacial score (nSPS) is 20.4. The molecule has 0 saturated carbocycles. The zero-order chi connectivity index (χ0) is 13.5. The lowest BCUT2D eigenvalue weighted by atomic mass is 10.2. The van der Waals surface area contributed by atoms with E-state index in [0.717, 1.165) is 19.4 Å². The van der Waals surface area contributed by atoms with Crippen molar-refractivity contribution in [2.75, 3.05) is 20.2 Å². The van der Waals surface area contributed by atoms with Gasteiger partial charge in [0, 0.05) is 20.2 Å². The lowest BCUT2D eigenvalue weighted by Gasteiger charge is -2.23. The van der Waals surface area contributed by atoms with E-state index in [0.29, 0.717) is 19.4 Å². The number of hydrogen-bond donors (Lipinski definition) is 2. The monoisotopic (exact) mass is 258 g/mol. The van der Waals surface area contributed by atoms with Gasteiger partial charge in [-0.2, -0.15) is 0 Å². The maximum atomic E-state index is 11.8. The molecule has 104 valence electrons. The number of carboxylic acids is 1. The molecule has 0 spiro atoms. The van der Waals surface area contributed by atoms with Gasteiger partial charge in [-0.3, -0.25) is 0 Å². The van der Waals surface area contributed by atoms with Crippen LogP contribution in [-0.4, -0.2) is 54.4 Å². The topological polar surface area (TPSA) is 78.9 Å². The third-order valence-corrected chi connectivity index (χ3v) is 3.02. The third-order valence-electron chi connectivity index (χ3n) is 3.02. The van der Waals surface area contributed by atoms with Crippen LogP contribution in [0, 0.1) is 0 Å². The number of nitrogens with one attached hydrogen (secondary N) is 1. The first kappa shape index (κ1) is 14.8. The summed E-state index contributed by atoms with van der Waals surface area (Å²) in [5.74, 6) is -0.990. The largest absolute Gasteiger partial charge is 0.480 e. The van der Waals surface area contributed by atoms with Crippen LogP contribution in [0.25, 0.3) is 0 Å². The average Bonchev–Trinajstić information content (AvgIpc) is 2.80. The Bertz CT molecular complexity index is 290. The molecule has 6 heteroatoms. The predicted molar refractivity (Wildman–Crippen MR) is 66.5 cm³/mol. The molecule has 0 aromatic carbocycles. The summed E-state index contributed by atoms with van der Waals surface area (Å²) < 4.78 is 5.44. The molecule has 0 aliphatic carbocycles. The fourth-order valence-corrected chi connectivity index (χ4v) is 1.98. The Hall–Kier alpha value is -1.30. The van der Waals surface area contributed by atoms with Gasteiger partial charge in [-0.15, -0.1) is 0 Å². The Morgan fingerprint density at radius 2 is 2.28 bits per heavy atom. The Balaban J connectivity index is 2.39. The van der Waals surface area contributed by atoms with Crippen molar-refractivity contribution in [2.24, 2.45) is 0 Å². The number of amides is 2. The van der Waals surface area contributed by atoms with Crippen molar-refractivity contribution in [3.63, 3.8) is 0 Å². The first-order chi connectivity index (χ1) is 8.54. The van der Waals surface area contributed by atoms with E-state index in [2.05, 4.69) is 5.32 Å². The van der Waals surface area contributed by atoms with Gasteiger partial charge in [0.2, 0.25) is 0 Å². The summed E-state index contributed by atoms with van der Waals surface area (Å²) in [5.41, 5.74) is 0. The van der Waals surface area contributed by atoms with Gasteiger partial charge in [0.25, 0.3) is 0 Å². The number of hydrogen-bond acceptors (Lipinski definition) is 3. The number of aliphatic carboxylic acids is 1. The summed E-state index contributed by atoms with van der Waals surface area (Å²) in [6, 6.07) is -1.17. The van der Waals surface area contributed by atoms with Crippen LogP contribution in [-0.2, 0) is 9.53 Å². The van der Waals surface area contributed by atoms with Gasteiger partial charge in [0.15, 0.2) is 0 Å². The van der Waals surface area contributed by atoms with Crippen molar-refractivity contribution in [1.29, 1.82) is 0 Å². The minimum Gasteiger partial charge on any atom is -0.480 e. The van der Waals surface area contributed by atoms with E-state index in [1.54, 1.807) is 7.05 Å². The Morgan fingerprint density at radius 1 is 1.56 bits per heavy atom. The molecule has 6 nitrogen and oxygen atoms in total. The van der Waals surface area contributed by atoms with Gasteiger partial charge in [0.05, 0.1) is 6.10 Å². The van der Waals surface area contributed by atoms with Gasteiger partial charge in [-0.1, -0.05) is 13.3 Å². The molecule has 1 saturated heterocycles. The molecule has 1 aliphatic heterocycles. The van der Waals surface area contributed by atoms with E-state index in [1.807, 2.05) is 6.92 Å². The van der Waals surface area contributed by atoms with E-state index in [9.17, 15) is 9.59 Å². The predicted octanol–water partition coefficient (Wildman–Crippen LogP) is 1.06. The lowest BCUT2D eigenvalue weighted by Crippen LogP contribution is -2.48. The second-order valence-electron chi connectivity index (χ2n) is 4.64. The SMILES string of the molecule is CCC[C@H](NC(=O)N(C)CC1CCCO1)C(=O)O. The third kappa shape index (κ3) is 4.52. The van der Waals surface area contributed by atoms with Crippen molar-refractivity contribution in [1.82, 2.24) is 10.2 Å². The van der Waals surface area contributed by atoms with Crippen LogP contribution >= 0.6 is 0 Å². The molecule has 2 N–H and O–H groups in total. The maximum absolute atomic E-state index is 11.8. The molecule has 0 aromatic rings. The second-order valence-corrected chi connectivity index (χ2v) is 4.64. The molecule has 1 heterocycles. The summed E-state index contributed by atoms with van der Waals surface area (Å²) in [6.07, 6.45) is 3.21. The smallest absolute Gasteiger partial charge is 0.326 e. The minimum atomic E-state index is -0.990. The summed E-state index contributed by atoms with van der Waals surface area (Å²) in [6.45, 7) is 3.14. The molecule has 0 aromatic heterocycles. The zero-order valence-corrected chi connectivity index (χ0v) is 11.0. The zero-order valence-electron chi connectivity index (χ0n) is 11.0. The Morgan fingerprint density at radius 3 is 2.78 bits per heavy atom. The van der Waals surface area contributed by atoms with Crippen LogP contribution in [0.3, 0.4) is 0 Å². The molecule has 0 radical (unpaired) electrons. The first-order valence-corrected chi connectivity index (χ1v) is 6.40. The molecule has 18 heavy (non-hydrogen) atoms. The number of carbonyl (C=O) groups is 2. The number of carbonyl (C=O) groups excluding carboxylic acids is 1. The van der Waals surface area contributed by atoms with Gasteiger partial charge in [-0.25, -0.2) is 9.59 Å². The fraction of sp³-hybridized carbons (Fsp3) is 0.833. The molecular weight excluding hydrogens is 236 g/mol. The highest BCUT2D eigenvalue weighted by Crippen LogP contribution is 2.12. The Kier molecular flexibility index (Phi) is 5.91. The van der Waals surface area contributed by atoms with Crippen molar-refractivity contribution in [3.8, 4) is 0 Å². The summed E-state index contributed by atoms with van der Waals surface area (Å²) >= 11 is 0. The van der Waals surface area contributed by atoms with E-state index < -0.39 is 12.0 Å². The van der Waals surface area contributed by atoms with Crippen LogP contribution in [0.4, 0.5) is 4.79 Å². The molecule has 2 atom stereocenters. The number of likely N-dealkylation sites (N-methyl/N-ethyl adjacent to an activating group) is 1. The van der Waals surface area contributed by atoms with Crippen molar-refractivity contribution < 1.29 is 19.4 Å². The van der Waals surface area contributed by atoms with Crippen LogP contribution in [0.2, 0.25) is 0 Å². The second kappa shape index (κ2) is 7.20. The highest BCUT2D eigenvalue weighted by Gasteiger charge is 2.23. The van der Waals surface area contributed by atoms with Crippen LogP contribution in [0.15, 0.2) is 0 Å². The highest BCUT2D eigenvalue weighted by atomic mass is 16.5. The number of rotatable bonds is 6. The molecule has 1 unspecified atom stereocenters. The van der Waals surface area contributed by atoms with Crippen molar-refractivity contribution in [2.45, 2.75) is 44.8 Å². The quantitative estimate of drug-likeness (QED) is 0.746. The van der Waals surface area contributed by atoms with E-state index in [1.165, 1.54) is 4.90 Å². The standard InChI is InChI=1S/C12H22N2O4/c1-3-5-10(11(15)16)13-12(17)14(2)8-9-6-4-7-18-9/h9-10H,3-8H2,1-2H3,(H,13,17)(H,15,16)/t9?,10-/m0/s1. The van der Waals surface area contributed by atoms with E-state index in [4.69, 9.17) is 9.84 Å². The van der Waals surface area contributed by atoms with Crippen molar-refractivity contribution in [3.05, 3.63) is 0 Å². The van der Waals surface area contributed by atoms with E-state index >= 15 is 0 Å². The van der Waals surface area contributed by atoms with Gasteiger partial charge >= 0.3 is 12.0 Å². The molecular formula is C12H22N2O4. The van der Waals surface area contributed by atoms with Gasteiger partial charge in [-0.05, 0) is 19.3 Å². The summed E-state index contributed by atoms with van der Waals surface area (Å²) in [5, 5.41) is 11.5. The first-order valence-electron chi connectivity index (χ1n) is 6.40. The van der Waals surface area contributed by atoms with Gasteiger partial charge in [0.1, 0.15) is 6.04 Å². The van der Waals surface area contributed by atoms with Crippen LogP contribution in [0.1, 0.15) is 32.6 Å². The number of nitrogens with zero attached hydrogens (tertiary/aromatic N) is 1. The van der Waals surface area contributed by atoms with E-state index in [-0.39, 0.29) is 12.1 Å². The van der Waals surface area contributed by atoms with Gasteiger partial charge < -0.3 is 20.1 Å². The summed E-state index contributed by atoms with van der Waals surface area (Å²) in [7, 11) is 1.65. The maximum Gasteiger partial charge on any atom is 0.326 e. The lowest BCUT2D eigenvalue weighted by molar-refractivity contribution is -0.139. The average molecular weight is 258 g/mol. The number of carboxylic acid groups (broad SMARTS) is 1. The minimum absolute atomic E-state index is 0.0789. The number of ether oxygens (including phenoxy) is 1. The molecule has 0 bridgehead atoms. The summed E-state index contributed by atoms with van der Waals surface area (Å²) in [4.78, 5) is 24.2. The molecule has 1 rings (SSSR count). The van der Waals surface area contributed by atoms with Crippen LogP contribution in [0.5, 0.6) is 0 Å². The highest BCUT2D eigenvalue weighted by molar-refractivity contribution is 5.82. The van der Waals surface area contributed by atoms with Crippen LogP contribution < -0.4 is 5.32 Å².